The maximum absolute atomic E-state index is 4.67. The minimum absolute atomic E-state index is 0.666. The first kappa shape index (κ1) is 22.3. The topological polar surface area (TPSA) is 0 Å². The molecule has 0 bridgehead atoms. The average molecular weight is 525 g/mol. The summed E-state index contributed by atoms with van der Waals surface area (Å²) in [4.78, 5) is 0. The van der Waals surface area contributed by atoms with E-state index < -0.39 is 0 Å². The zero-order valence-corrected chi connectivity index (χ0v) is 21.5. The fourth-order valence-electron chi connectivity index (χ4n) is 7.25. The van der Waals surface area contributed by atoms with Crippen LogP contribution in [0.2, 0.25) is 0 Å². The van der Waals surface area contributed by atoms with Crippen LogP contribution in [0.25, 0.3) is 0 Å². The smallest absolute Gasteiger partial charge is 0.000462 e. The lowest BCUT2D eigenvalue weighted by Gasteiger charge is -2.40. The summed E-state index contributed by atoms with van der Waals surface area (Å²) in [6.07, 6.45) is 14.9. The number of allylic oxidation sites excluding steroid dienone is 2. The second-order valence-corrected chi connectivity index (χ2v) is 12.3. The minimum atomic E-state index is 0.666. The van der Waals surface area contributed by atoms with Crippen molar-refractivity contribution in [1.29, 1.82) is 0 Å². The molecule has 0 aromatic heterocycles. The molecule has 4 heteroatoms. The summed E-state index contributed by atoms with van der Waals surface area (Å²) in [5.74, 6) is 7.76. The molecular weight excluding hydrogens is 486 g/mol. The number of halogens is 1. The van der Waals surface area contributed by atoms with Gasteiger partial charge in [0.05, 0.1) is 0 Å². The summed E-state index contributed by atoms with van der Waals surface area (Å²) < 4.78 is 1.33. The van der Waals surface area contributed by atoms with Gasteiger partial charge in [-0.25, -0.2) is 0 Å². The van der Waals surface area contributed by atoms with E-state index in [1.807, 2.05) is 0 Å². The van der Waals surface area contributed by atoms with E-state index in [1.165, 1.54) is 49.4 Å². The number of hydrogen-bond donors (Lipinski definition) is 2. The van der Waals surface area contributed by atoms with Crippen LogP contribution in [-0.2, 0) is 0 Å². The van der Waals surface area contributed by atoms with Crippen molar-refractivity contribution in [2.24, 2.45) is 40.9 Å². The average Bonchev–Trinajstić information content (AvgIpc) is 3.21. The van der Waals surface area contributed by atoms with Crippen LogP contribution < -0.4 is 0 Å². The minimum Gasteiger partial charge on any atom is -0.179 e. The highest BCUT2D eigenvalue weighted by molar-refractivity contribution is 14.1. The van der Waals surface area contributed by atoms with Gasteiger partial charge in [-0.1, -0.05) is 41.7 Å². The van der Waals surface area contributed by atoms with Crippen molar-refractivity contribution in [2.45, 2.75) is 57.5 Å². The van der Waals surface area contributed by atoms with Gasteiger partial charge in [-0.15, -0.1) is 8.58 Å². The second kappa shape index (κ2) is 10.1. The van der Waals surface area contributed by atoms with Crippen molar-refractivity contribution in [2.75, 3.05) is 22.6 Å². The molecule has 150 valence electrons. The molecule has 0 saturated heterocycles. The van der Waals surface area contributed by atoms with Crippen molar-refractivity contribution in [3.63, 3.8) is 0 Å². The van der Waals surface area contributed by atoms with Gasteiger partial charge in [0.2, 0.25) is 0 Å². The fraction of sp³-hybridized carbons (Fsp3) is 0.909. The van der Waals surface area contributed by atoms with Crippen molar-refractivity contribution < 1.29 is 0 Å². The number of thiol groups is 2. The third kappa shape index (κ3) is 4.08. The van der Waals surface area contributed by atoms with Crippen LogP contribution in [0.15, 0.2) is 12.2 Å². The Bertz CT molecular complexity index is 485. The Hall–Kier alpha value is 1.60. The van der Waals surface area contributed by atoms with Gasteiger partial charge in [-0.2, -0.15) is 25.3 Å². The van der Waals surface area contributed by atoms with Gasteiger partial charge in [-0.3, -0.25) is 0 Å². The fourth-order valence-corrected chi connectivity index (χ4v) is 10.2. The Morgan fingerprint density at radius 3 is 2.62 bits per heavy atom. The molecule has 9 atom stereocenters. The lowest BCUT2D eigenvalue weighted by atomic mass is 9.73. The lowest BCUT2D eigenvalue weighted by Crippen LogP contribution is -2.35. The molecule has 0 aromatic carbocycles. The van der Waals surface area contributed by atoms with E-state index in [4.69, 9.17) is 0 Å². The number of alkyl halides is 1. The third-order valence-electron chi connectivity index (χ3n) is 7.92. The summed E-state index contributed by atoms with van der Waals surface area (Å²) in [7, 11) is 1.09. The molecule has 3 aliphatic carbocycles. The van der Waals surface area contributed by atoms with Crippen LogP contribution >= 0.6 is 56.4 Å². The third-order valence-corrected chi connectivity index (χ3v) is 10.7. The van der Waals surface area contributed by atoms with Gasteiger partial charge in [0.1, 0.15) is 0 Å². The van der Waals surface area contributed by atoms with E-state index >= 15 is 0 Å². The maximum atomic E-state index is 4.67. The molecule has 26 heavy (non-hydrogen) atoms. The highest BCUT2D eigenvalue weighted by Crippen LogP contribution is 2.79. The Morgan fingerprint density at radius 1 is 1.19 bits per heavy atom. The van der Waals surface area contributed by atoms with E-state index in [9.17, 15) is 0 Å². The molecule has 3 aliphatic rings. The summed E-state index contributed by atoms with van der Waals surface area (Å²) >= 11 is 11.8. The summed E-state index contributed by atoms with van der Waals surface area (Å²) in [5, 5.41) is 0. The predicted molar refractivity (Wildman–Crippen MR) is 135 cm³/mol. The number of rotatable bonds is 10. The molecule has 0 aliphatic heterocycles. The zero-order chi connectivity index (χ0) is 18.7. The van der Waals surface area contributed by atoms with Gasteiger partial charge in [0, 0.05) is 0 Å². The van der Waals surface area contributed by atoms with Crippen molar-refractivity contribution in [3.8, 4) is 0 Å². The highest BCUT2D eigenvalue weighted by Gasteiger charge is 2.74. The molecule has 0 amide bonds. The van der Waals surface area contributed by atoms with Crippen LogP contribution in [0.4, 0.5) is 0 Å². The van der Waals surface area contributed by atoms with Crippen molar-refractivity contribution >= 4 is 56.4 Å². The summed E-state index contributed by atoms with van der Waals surface area (Å²) in [5.41, 5.74) is 1.60. The molecule has 0 aromatic rings. The van der Waals surface area contributed by atoms with E-state index in [1.54, 1.807) is 0 Å². The molecular formula is C22H38IPS2. The molecule has 0 radical (unpaired) electrons. The Morgan fingerprint density at radius 2 is 1.96 bits per heavy atom. The molecule has 9 unspecified atom stereocenters. The van der Waals surface area contributed by atoms with Gasteiger partial charge in [0.15, 0.2) is 0 Å². The lowest BCUT2D eigenvalue weighted by molar-refractivity contribution is 0.223. The number of fused-ring (bicyclic) bond motifs is 1. The zero-order valence-electron chi connectivity index (χ0n) is 16.5. The molecule has 0 spiro atoms. The van der Waals surface area contributed by atoms with Crippen molar-refractivity contribution in [1.82, 2.24) is 0 Å². The number of hydrogen-bond acceptors (Lipinski definition) is 2. The molecule has 0 N–H and O–H groups in total. The first-order chi connectivity index (χ1) is 12.6. The molecule has 3 rings (SSSR count). The largest absolute Gasteiger partial charge is 0.179 e. The van der Waals surface area contributed by atoms with E-state index in [2.05, 4.69) is 73.6 Å². The first-order valence-corrected chi connectivity index (χ1v) is 15.1. The summed E-state index contributed by atoms with van der Waals surface area (Å²) in [6.45, 7) is 5.08. The second-order valence-electron chi connectivity index (χ2n) is 9.09. The van der Waals surface area contributed by atoms with Crippen LogP contribution in [0.3, 0.4) is 0 Å². The molecule has 2 saturated carbocycles. The molecule has 0 nitrogen and oxygen atoms in total. The summed E-state index contributed by atoms with van der Waals surface area (Å²) in [6, 6.07) is 0. The standard InChI is InChI=1S/C22H38IPS2/c1-15-13-18(9-12-26)22(19(20(15)22)7-4-10-23)21(24-2)17-6-3-5-16(14-17)8-11-25/h3,6,15-21,24-26H,4-5,7-14H2,1-2H3. The monoisotopic (exact) mass is 524 g/mol. The maximum Gasteiger partial charge on any atom is -0.000462 e. The van der Waals surface area contributed by atoms with Crippen LogP contribution in [0.5, 0.6) is 0 Å². The van der Waals surface area contributed by atoms with Crippen LogP contribution in [0, 0.1) is 40.9 Å². The van der Waals surface area contributed by atoms with Crippen LogP contribution in [0.1, 0.15) is 51.9 Å². The molecule has 2 fully saturated rings. The quantitative estimate of drug-likeness (QED) is 0.0995. The van der Waals surface area contributed by atoms with Gasteiger partial charge < -0.3 is 0 Å². The van der Waals surface area contributed by atoms with E-state index in [0.717, 1.165) is 61.3 Å². The SMILES string of the molecule is CPC(C1C=CCC(CCS)C1)C12C(CCS)CC(C)C1C2CCCI. The molecule has 0 heterocycles. The van der Waals surface area contributed by atoms with Gasteiger partial charge in [0.25, 0.3) is 0 Å². The van der Waals surface area contributed by atoms with E-state index in [0.29, 0.717) is 5.41 Å². The van der Waals surface area contributed by atoms with Crippen molar-refractivity contribution in [3.05, 3.63) is 12.2 Å². The predicted octanol–water partition coefficient (Wildman–Crippen LogP) is 6.99. The van der Waals surface area contributed by atoms with Gasteiger partial charge >= 0.3 is 0 Å². The van der Waals surface area contributed by atoms with Crippen LogP contribution in [-0.4, -0.2) is 28.3 Å². The van der Waals surface area contributed by atoms with Gasteiger partial charge in [-0.05, 0) is 114 Å². The normalized spacial score (nSPS) is 43.1. The first-order valence-electron chi connectivity index (χ1n) is 10.8. The Labute approximate surface area is 188 Å². The Kier molecular flexibility index (Phi) is 8.64. The van der Waals surface area contributed by atoms with E-state index in [-0.39, 0.29) is 0 Å². The highest BCUT2D eigenvalue weighted by atomic mass is 127. The Balaban J connectivity index is 1.85.